The number of ketones is 1. The van der Waals surface area contributed by atoms with Crippen molar-refractivity contribution in [2.45, 2.75) is 26.4 Å². The fourth-order valence-corrected chi connectivity index (χ4v) is 3.18. The molecule has 186 valence electrons. The van der Waals surface area contributed by atoms with E-state index in [9.17, 15) is 24.9 Å². The summed E-state index contributed by atoms with van der Waals surface area (Å²) in [6.07, 6.45) is 5.64. The molecule has 0 saturated heterocycles. The summed E-state index contributed by atoms with van der Waals surface area (Å²) >= 11 is 0. The third kappa shape index (κ3) is 8.04. The highest BCUT2D eigenvalue weighted by Gasteiger charge is 2.15. The SMILES string of the molecule is CCOC(=O)CCC(C(=O)/C=C/c1ccc(CO)c(OC)c1)=C(O)/C=C/c1ccc(O)c(OC)c1. The zero-order valence-corrected chi connectivity index (χ0v) is 20.0. The van der Waals surface area contributed by atoms with E-state index in [1.807, 2.05) is 0 Å². The second-order valence-corrected chi connectivity index (χ2v) is 7.36. The maximum atomic E-state index is 12.9. The molecule has 2 aromatic rings. The maximum Gasteiger partial charge on any atom is 0.306 e. The highest BCUT2D eigenvalue weighted by molar-refractivity contribution is 6.07. The molecule has 0 aliphatic heterocycles. The molecule has 0 aliphatic rings. The summed E-state index contributed by atoms with van der Waals surface area (Å²) in [5, 5.41) is 29.8. The van der Waals surface area contributed by atoms with Crippen LogP contribution in [0.5, 0.6) is 17.2 Å². The van der Waals surface area contributed by atoms with Gasteiger partial charge >= 0.3 is 5.97 Å². The van der Waals surface area contributed by atoms with Crippen LogP contribution in [0.25, 0.3) is 12.2 Å². The lowest BCUT2D eigenvalue weighted by Gasteiger charge is -2.08. The first kappa shape index (κ1) is 27.2. The van der Waals surface area contributed by atoms with Gasteiger partial charge in [-0.25, -0.2) is 0 Å². The number of aromatic hydroxyl groups is 1. The minimum Gasteiger partial charge on any atom is -0.508 e. The van der Waals surface area contributed by atoms with Crippen molar-refractivity contribution in [3.8, 4) is 17.2 Å². The Morgan fingerprint density at radius 3 is 2.17 bits per heavy atom. The molecule has 0 heterocycles. The lowest BCUT2D eigenvalue weighted by Crippen LogP contribution is -2.08. The highest BCUT2D eigenvalue weighted by Crippen LogP contribution is 2.27. The van der Waals surface area contributed by atoms with E-state index in [2.05, 4.69) is 0 Å². The number of rotatable bonds is 12. The minimum absolute atomic E-state index is 0.0240. The van der Waals surface area contributed by atoms with Gasteiger partial charge in [-0.05, 0) is 54.8 Å². The Kier molecular flexibility index (Phi) is 10.6. The van der Waals surface area contributed by atoms with Crippen molar-refractivity contribution in [3.05, 3.63) is 76.6 Å². The van der Waals surface area contributed by atoms with E-state index < -0.39 is 11.8 Å². The fourth-order valence-electron chi connectivity index (χ4n) is 3.18. The molecule has 0 radical (unpaired) electrons. The number of phenolic OH excluding ortho intramolecular Hbond substituents is 1. The van der Waals surface area contributed by atoms with Crippen LogP contribution in [-0.4, -0.2) is 47.9 Å². The summed E-state index contributed by atoms with van der Waals surface area (Å²) in [4.78, 5) is 24.8. The van der Waals surface area contributed by atoms with E-state index in [0.717, 1.165) is 0 Å². The van der Waals surface area contributed by atoms with E-state index >= 15 is 0 Å². The number of benzene rings is 2. The Morgan fingerprint density at radius 2 is 1.54 bits per heavy atom. The zero-order chi connectivity index (χ0) is 25.8. The molecule has 8 heteroatoms. The molecule has 0 unspecified atom stereocenters. The van der Waals surface area contributed by atoms with E-state index in [4.69, 9.17) is 14.2 Å². The van der Waals surface area contributed by atoms with Gasteiger partial charge in [-0.3, -0.25) is 9.59 Å². The Bertz CT molecular complexity index is 1130. The predicted octanol–water partition coefficient (Wildman–Crippen LogP) is 4.35. The average molecular weight is 483 g/mol. The van der Waals surface area contributed by atoms with Crippen molar-refractivity contribution < 1.29 is 39.1 Å². The molecule has 0 bridgehead atoms. The van der Waals surface area contributed by atoms with Crippen molar-refractivity contribution in [2.24, 2.45) is 0 Å². The second kappa shape index (κ2) is 13.6. The number of carbonyl (C=O) groups is 2. The lowest BCUT2D eigenvalue weighted by molar-refractivity contribution is -0.143. The summed E-state index contributed by atoms with van der Waals surface area (Å²) in [5.74, 6) is -0.543. The van der Waals surface area contributed by atoms with Crippen LogP contribution in [0.2, 0.25) is 0 Å². The fraction of sp³-hybridized carbons (Fsp3) is 0.259. The van der Waals surface area contributed by atoms with Crippen molar-refractivity contribution >= 4 is 23.9 Å². The summed E-state index contributed by atoms with van der Waals surface area (Å²) in [7, 11) is 2.91. The average Bonchev–Trinajstić information content (AvgIpc) is 2.86. The first-order chi connectivity index (χ1) is 16.8. The molecule has 8 nitrogen and oxygen atoms in total. The highest BCUT2D eigenvalue weighted by atomic mass is 16.5. The van der Waals surface area contributed by atoms with Crippen LogP contribution in [0.3, 0.4) is 0 Å². The van der Waals surface area contributed by atoms with E-state index in [-0.39, 0.29) is 48.9 Å². The van der Waals surface area contributed by atoms with Crippen molar-refractivity contribution in [1.82, 2.24) is 0 Å². The molecular weight excluding hydrogens is 452 g/mol. The summed E-state index contributed by atoms with van der Waals surface area (Å²) < 4.78 is 15.2. The molecule has 0 aliphatic carbocycles. The number of aliphatic hydroxyl groups is 2. The van der Waals surface area contributed by atoms with Crippen LogP contribution >= 0.6 is 0 Å². The van der Waals surface area contributed by atoms with Crippen LogP contribution in [0.1, 0.15) is 36.5 Å². The van der Waals surface area contributed by atoms with Gasteiger partial charge < -0.3 is 29.5 Å². The number of methoxy groups -OCH3 is 2. The third-order valence-corrected chi connectivity index (χ3v) is 5.04. The third-order valence-electron chi connectivity index (χ3n) is 5.04. The van der Waals surface area contributed by atoms with Crippen LogP contribution in [0.15, 0.2) is 59.9 Å². The molecule has 0 atom stereocenters. The number of hydrogen-bond acceptors (Lipinski definition) is 8. The van der Waals surface area contributed by atoms with Gasteiger partial charge in [0, 0.05) is 17.6 Å². The number of carbonyl (C=O) groups excluding carboxylic acids is 2. The Hall–Kier alpha value is -4.04. The van der Waals surface area contributed by atoms with Crippen molar-refractivity contribution in [3.63, 3.8) is 0 Å². The molecule has 2 aromatic carbocycles. The number of esters is 1. The standard InChI is InChI=1S/C27H30O8/c1-4-35-27(32)14-10-21(23(30)12-7-19-8-13-24(31)26(16-19)34-3)22(29)11-6-18-5-9-20(17-28)25(15-18)33-2/h5-9,11-13,15-16,28,30-31H,4,10,14,17H2,1-3H3/b11-6+,12-7+,23-21?. The van der Waals surface area contributed by atoms with Crippen LogP contribution in [-0.2, 0) is 20.9 Å². The van der Waals surface area contributed by atoms with Gasteiger partial charge in [0.15, 0.2) is 17.3 Å². The van der Waals surface area contributed by atoms with Crippen molar-refractivity contribution in [2.75, 3.05) is 20.8 Å². The lowest BCUT2D eigenvalue weighted by atomic mass is 10.0. The monoisotopic (exact) mass is 482 g/mol. The van der Waals surface area contributed by atoms with Gasteiger partial charge in [0.2, 0.25) is 0 Å². The Labute approximate surface area is 204 Å². The quantitative estimate of drug-likeness (QED) is 0.177. The molecule has 35 heavy (non-hydrogen) atoms. The molecule has 0 aromatic heterocycles. The van der Waals surface area contributed by atoms with Gasteiger partial charge in [-0.1, -0.05) is 30.4 Å². The van der Waals surface area contributed by atoms with Gasteiger partial charge in [0.1, 0.15) is 11.5 Å². The second-order valence-electron chi connectivity index (χ2n) is 7.36. The summed E-state index contributed by atoms with van der Waals surface area (Å²) in [6, 6.07) is 9.72. The van der Waals surface area contributed by atoms with Gasteiger partial charge in [0.05, 0.1) is 27.4 Å². The van der Waals surface area contributed by atoms with Gasteiger partial charge in [-0.15, -0.1) is 0 Å². The van der Waals surface area contributed by atoms with Crippen LogP contribution in [0, 0.1) is 0 Å². The minimum atomic E-state index is -0.482. The summed E-state index contributed by atoms with van der Waals surface area (Å²) in [6.45, 7) is 1.72. The Balaban J connectivity index is 2.32. The van der Waals surface area contributed by atoms with Crippen molar-refractivity contribution in [1.29, 1.82) is 0 Å². The molecule has 0 spiro atoms. The van der Waals surface area contributed by atoms with Crippen LogP contribution in [0.4, 0.5) is 0 Å². The summed E-state index contributed by atoms with van der Waals surface area (Å²) in [5.41, 5.74) is 1.92. The number of ether oxygens (including phenoxy) is 3. The van der Waals surface area contributed by atoms with E-state index in [1.165, 1.54) is 32.4 Å². The largest absolute Gasteiger partial charge is 0.508 e. The first-order valence-corrected chi connectivity index (χ1v) is 11.0. The topological polar surface area (TPSA) is 123 Å². The number of aliphatic hydroxyl groups excluding tert-OH is 2. The predicted molar refractivity (Wildman–Crippen MR) is 132 cm³/mol. The molecule has 3 N–H and O–H groups in total. The normalized spacial score (nSPS) is 12.0. The number of phenols is 1. The van der Waals surface area contributed by atoms with Crippen LogP contribution < -0.4 is 9.47 Å². The molecule has 0 fully saturated rings. The molecule has 2 rings (SSSR count). The van der Waals surface area contributed by atoms with E-state index in [1.54, 1.807) is 49.4 Å². The maximum absolute atomic E-state index is 12.9. The molecular formula is C27H30O8. The van der Waals surface area contributed by atoms with E-state index in [0.29, 0.717) is 22.4 Å². The number of hydrogen-bond donors (Lipinski definition) is 3. The first-order valence-electron chi connectivity index (χ1n) is 11.0. The molecule has 0 amide bonds. The van der Waals surface area contributed by atoms with Gasteiger partial charge in [-0.2, -0.15) is 0 Å². The molecule has 0 saturated carbocycles. The zero-order valence-electron chi connectivity index (χ0n) is 20.0. The Morgan fingerprint density at radius 1 is 0.914 bits per heavy atom. The number of allylic oxidation sites excluding steroid dienone is 3. The smallest absolute Gasteiger partial charge is 0.306 e. The van der Waals surface area contributed by atoms with Gasteiger partial charge in [0.25, 0.3) is 0 Å².